The third kappa shape index (κ3) is 3.21. The van der Waals surface area contributed by atoms with Gasteiger partial charge in [0.05, 0.1) is 7.11 Å². The molecule has 0 unspecified atom stereocenters. The van der Waals surface area contributed by atoms with Crippen LogP contribution in [0.3, 0.4) is 0 Å². The molecule has 0 fully saturated rings. The molecule has 0 saturated heterocycles. The monoisotopic (exact) mass is 364 g/mol. The van der Waals surface area contributed by atoms with Crippen molar-refractivity contribution in [2.24, 2.45) is 0 Å². The topological polar surface area (TPSA) is 44.8 Å². The van der Waals surface area contributed by atoms with Crippen molar-refractivity contribution in [3.05, 3.63) is 71.1 Å². The van der Waals surface area contributed by atoms with Gasteiger partial charge in [0.15, 0.2) is 17.3 Å². The highest BCUT2D eigenvalue weighted by Crippen LogP contribution is 2.33. The number of methoxy groups -OCH3 is 1. The molecule has 1 aliphatic heterocycles. The van der Waals surface area contributed by atoms with E-state index in [9.17, 15) is 4.79 Å². The number of ketones is 1. The number of hydrogen-bond donors (Lipinski definition) is 0. The molecule has 5 heteroatoms. The van der Waals surface area contributed by atoms with Crippen molar-refractivity contribution in [1.82, 2.24) is 0 Å². The first kappa shape index (κ1) is 16.4. The molecule has 0 amide bonds. The Balaban J connectivity index is 1.61. The summed E-state index contributed by atoms with van der Waals surface area (Å²) in [5.41, 5.74) is 2.50. The van der Waals surface area contributed by atoms with Gasteiger partial charge in [-0.25, -0.2) is 0 Å². The highest BCUT2D eigenvalue weighted by Gasteiger charge is 2.15. The van der Waals surface area contributed by atoms with Crippen molar-refractivity contribution in [3.63, 3.8) is 0 Å². The summed E-state index contributed by atoms with van der Waals surface area (Å²) in [5, 5.41) is 2.04. The van der Waals surface area contributed by atoms with Crippen molar-refractivity contribution in [2.75, 3.05) is 13.9 Å². The van der Waals surface area contributed by atoms with E-state index in [1.165, 1.54) is 4.88 Å². The van der Waals surface area contributed by atoms with Crippen LogP contribution in [-0.2, 0) is 0 Å². The molecule has 26 heavy (non-hydrogen) atoms. The lowest BCUT2D eigenvalue weighted by molar-refractivity contribution is 0.104. The molecule has 4 nitrogen and oxygen atoms in total. The minimum Gasteiger partial charge on any atom is -0.496 e. The number of rotatable bonds is 5. The smallest absolute Gasteiger partial charge is 0.231 e. The zero-order chi connectivity index (χ0) is 17.9. The second-order valence-electron chi connectivity index (χ2n) is 5.70. The number of ether oxygens (including phenoxy) is 3. The average Bonchev–Trinajstić information content (AvgIpc) is 3.36. The van der Waals surface area contributed by atoms with Gasteiger partial charge in [-0.05, 0) is 65.6 Å². The van der Waals surface area contributed by atoms with Crippen molar-refractivity contribution >= 4 is 23.2 Å². The Morgan fingerprint density at radius 2 is 2.00 bits per heavy atom. The number of allylic oxidation sites excluding steroid dienone is 1. The number of benzene rings is 2. The SMILES string of the molecule is COc1ccc(-c2cccs2)cc1/C=C/C(=O)c1ccc2c(c1)OCO2. The Labute approximate surface area is 155 Å². The van der Waals surface area contributed by atoms with Crippen LogP contribution in [0, 0.1) is 0 Å². The van der Waals surface area contributed by atoms with E-state index < -0.39 is 0 Å². The van der Waals surface area contributed by atoms with Crippen LogP contribution in [0.25, 0.3) is 16.5 Å². The normalized spacial score (nSPS) is 12.5. The Kier molecular flexibility index (Phi) is 4.46. The molecule has 0 radical (unpaired) electrons. The first-order chi connectivity index (χ1) is 12.7. The van der Waals surface area contributed by atoms with Crippen molar-refractivity contribution in [3.8, 4) is 27.7 Å². The van der Waals surface area contributed by atoms with Crippen LogP contribution in [0.4, 0.5) is 0 Å². The zero-order valence-electron chi connectivity index (χ0n) is 14.1. The Bertz CT molecular complexity index is 974. The van der Waals surface area contributed by atoms with Gasteiger partial charge in [0, 0.05) is 16.0 Å². The molecule has 1 aliphatic rings. The molecule has 0 saturated carbocycles. The molecule has 0 aliphatic carbocycles. The van der Waals surface area contributed by atoms with Gasteiger partial charge in [-0.3, -0.25) is 4.79 Å². The van der Waals surface area contributed by atoms with Gasteiger partial charge in [0.2, 0.25) is 6.79 Å². The number of carbonyl (C=O) groups is 1. The molecule has 2 aromatic carbocycles. The van der Waals surface area contributed by atoms with Gasteiger partial charge >= 0.3 is 0 Å². The van der Waals surface area contributed by atoms with Crippen LogP contribution in [-0.4, -0.2) is 19.7 Å². The van der Waals surface area contributed by atoms with Crippen LogP contribution >= 0.6 is 11.3 Å². The average molecular weight is 364 g/mol. The summed E-state index contributed by atoms with van der Waals surface area (Å²) in [6, 6.07) is 15.2. The number of carbonyl (C=O) groups excluding carboxylic acids is 1. The summed E-state index contributed by atoms with van der Waals surface area (Å²) in [4.78, 5) is 13.7. The lowest BCUT2D eigenvalue weighted by Crippen LogP contribution is -1.95. The molecule has 4 rings (SSSR count). The molecule has 0 atom stereocenters. The standard InChI is InChI=1S/C21H16O4S/c1-23-18-8-6-16(21-3-2-10-26-21)11-15(18)4-7-17(22)14-5-9-19-20(12-14)25-13-24-19/h2-12H,13H2,1H3/b7-4+. The molecule has 0 spiro atoms. The lowest BCUT2D eigenvalue weighted by atomic mass is 10.1. The first-order valence-corrected chi connectivity index (χ1v) is 8.96. The summed E-state index contributed by atoms with van der Waals surface area (Å²) in [7, 11) is 1.62. The lowest BCUT2D eigenvalue weighted by Gasteiger charge is -2.07. The number of thiophene rings is 1. The Morgan fingerprint density at radius 1 is 1.12 bits per heavy atom. The maximum Gasteiger partial charge on any atom is 0.231 e. The van der Waals surface area contributed by atoms with E-state index >= 15 is 0 Å². The summed E-state index contributed by atoms with van der Waals surface area (Å²) < 4.78 is 16.0. The fraction of sp³-hybridized carbons (Fsp3) is 0.0952. The molecule has 3 aromatic rings. The third-order valence-corrected chi connectivity index (χ3v) is 5.03. The fourth-order valence-electron chi connectivity index (χ4n) is 2.77. The van der Waals surface area contributed by atoms with Crippen LogP contribution in [0.5, 0.6) is 17.2 Å². The van der Waals surface area contributed by atoms with Crippen molar-refractivity contribution in [1.29, 1.82) is 0 Å². The summed E-state index contributed by atoms with van der Waals surface area (Å²) in [6.07, 6.45) is 3.33. The highest BCUT2D eigenvalue weighted by molar-refractivity contribution is 7.13. The van der Waals surface area contributed by atoms with E-state index in [4.69, 9.17) is 14.2 Å². The van der Waals surface area contributed by atoms with Crippen LogP contribution in [0.1, 0.15) is 15.9 Å². The van der Waals surface area contributed by atoms with E-state index in [2.05, 4.69) is 6.07 Å². The molecule has 130 valence electrons. The number of hydrogen-bond acceptors (Lipinski definition) is 5. The van der Waals surface area contributed by atoms with Gasteiger partial charge < -0.3 is 14.2 Å². The van der Waals surface area contributed by atoms with Gasteiger partial charge in [0.1, 0.15) is 5.75 Å². The maximum absolute atomic E-state index is 12.5. The minimum atomic E-state index is -0.105. The second kappa shape index (κ2) is 7.06. The predicted molar refractivity (Wildman–Crippen MR) is 102 cm³/mol. The molecule has 0 bridgehead atoms. The van der Waals surface area contributed by atoms with E-state index in [1.54, 1.807) is 48.8 Å². The zero-order valence-corrected chi connectivity index (χ0v) is 14.9. The van der Waals surface area contributed by atoms with Crippen molar-refractivity contribution in [2.45, 2.75) is 0 Å². The third-order valence-electron chi connectivity index (χ3n) is 4.11. The molecule has 2 heterocycles. The van der Waals surface area contributed by atoms with E-state index in [0.717, 1.165) is 16.9 Å². The molecule has 1 aromatic heterocycles. The van der Waals surface area contributed by atoms with Gasteiger partial charge in [0.25, 0.3) is 0 Å². The van der Waals surface area contributed by atoms with E-state index in [-0.39, 0.29) is 12.6 Å². The van der Waals surface area contributed by atoms with Gasteiger partial charge in [-0.1, -0.05) is 6.07 Å². The van der Waals surface area contributed by atoms with Crippen LogP contribution in [0.15, 0.2) is 60.0 Å². The Hall–Kier alpha value is -3.05. The number of fused-ring (bicyclic) bond motifs is 1. The Morgan fingerprint density at radius 3 is 2.81 bits per heavy atom. The van der Waals surface area contributed by atoms with E-state index in [0.29, 0.717) is 17.1 Å². The fourth-order valence-corrected chi connectivity index (χ4v) is 3.50. The van der Waals surface area contributed by atoms with Gasteiger partial charge in [-0.15, -0.1) is 11.3 Å². The second-order valence-corrected chi connectivity index (χ2v) is 6.65. The highest BCUT2D eigenvalue weighted by atomic mass is 32.1. The van der Waals surface area contributed by atoms with Crippen molar-refractivity contribution < 1.29 is 19.0 Å². The largest absolute Gasteiger partial charge is 0.496 e. The summed E-state index contributed by atoms with van der Waals surface area (Å²) >= 11 is 1.67. The van der Waals surface area contributed by atoms with Crippen LogP contribution in [0.2, 0.25) is 0 Å². The summed E-state index contributed by atoms with van der Waals surface area (Å²) in [5.74, 6) is 1.88. The molecular formula is C21H16O4S. The molecular weight excluding hydrogens is 348 g/mol. The summed E-state index contributed by atoms with van der Waals surface area (Å²) in [6.45, 7) is 0.190. The van der Waals surface area contributed by atoms with Gasteiger partial charge in [-0.2, -0.15) is 0 Å². The van der Waals surface area contributed by atoms with Crippen LogP contribution < -0.4 is 14.2 Å². The molecule has 0 N–H and O–H groups in total. The quantitative estimate of drug-likeness (QED) is 0.469. The minimum absolute atomic E-state index is 0.105. The van der Waals surface area contributed by atoms with E-state index in [1.807, 2.05) is 29.6 Å². The first-order valence-electron chi connectivity index (χ1n) is 8.08. The maximum atomic E-state index is 12.5. The predicted octanol–water partition coefficient (Wildman–Crippen LogP) is 5.05.